The Kier molecular flexibility index (Phi) is 8.94. The molecule has 29 heavy (non-hydrogen) atoms. The highest BCUT2D eigenvalue weighted by atomic mass is 16.5. The summed E-state index contributed by atoms with van der Waals surface area (Å²) in [6.07, 6.45) is 5.06. The van der Waals surface area contributed by atoms with Crippen LogP contribution in [0.2, 0.25) is 0 Å². The van der Waals surface area contributed by atoms with Crippen LogP contribution < -0.4 is 21.4 Å². The van der Waals surface area contributed by atoms with Crippen LogP contribution in [0.15, 0.2) is 29.4 Å². The lowest BCUT2D eigenvalue weighted by molar-refractivity contribution is -0.143. The molecular formula is C20H29N5O4. The molecule has 0 aliphatic carbocycles. The van der Waals surface area contributed by atoms with E-state index in [9.17, 15) is 14.4 Å². The largest absolute Gasteiger partial charge is 0.466 e. The van der Waals surface area contributed by atoms with Crippen molar-refractivity contribution >= 4 is 29.8 Å². The van der Waals surface area contributed by atoms with E-state index in [1.807, 2.05) is 24.3 Å². The number of amides is 3. The quantitative estimate of drug-likeness (QED) is 0.179. The molecule has 0 spiro atoms. The number of hydrazone groups is 1. The molecule has 9 heteroatoms. The van der Waals surface area contributed by atoms with Gasteiger partial charge in [-0.2, -0.15) is 5.10 Å². The van der Waals surface area contributed by atoms with Crippen molar-refractivity contribution < 1.29 is 19.1 Å². The fraction of sp³-hybridized carbons (Fsp3) is 0.500. The number of carbonyl (C=O) groups is 3. The average Bonchev–Trinajstić information content (AvgIpc) is 3.06. The number of nitrogens with zero attached hydrogens (tertiary/aromatic N) is 2. The van der Waals surface area contributed by atoms with E-state index in [4.69, 9.17) is 10.6 Å². The number of nitrogens with two attached hydrogens (primary N) is 1. The molecule has 1 atom stereocenters. The van der Waals surface area contributed by atoms with E-state index in [2.05, 4.69) is 22.7 Å². The Hall–Kier alpha value is -3.10. The third-order valence-electron chi connectivity index (χ3n) is 4.56. The summed E-state index contributed by atoms with van der Waals surface area (Å²) in [4.78, 5) is 37.8. The minimum absolute atomic E-state index is 0.0999. The van der Waals surface area contributed by atoms with Crippen molar-refractivity contribution in [1.82, 2.24) is 10.6 Å². The molecule has 9 nitrogen and oxygen atoms in total. The number of hydrogen-bond donors (Lipinski definition) is 3. The van der Waals surface area contributed by atoms with Crippen LogP contribution in [0.4, 0.5) is 10.5 Å². The lowest BCUT2D eigenvalue weighted by Crippen LogP contribution is -2.46. The summed E-state index contributed by atoms with van der Waals surface area (Å²) in [5, 5.41) is 8.71. The van der Waals surface area contributed by atoms with Gasteiger partial charge in [-0.25, -0.2) is 4.79 Å². The molecule has 1 heterocycles. The van der Waals surface area contributed by atoms with E-state index >= 15 is 0 Å². The molecule has 1 aromatic rings. The van der Waals surface area contributed by atoms with Crippen LogP contribution in [0, 0.1) is 0 Å². The molecule has 0 saturated carbocycles. The topological polar surface area (TPSA) is 126 Å². The third kappa shape index (κ3) is 7.10. The minimum Gasteiger partial charge on any atom is -0.466 e. The number of benzene rings is 1. The zero-order valence-electron chi connectivity index (χ0n) is 16.7. The molecule has 1 saturated heterocycles. The van der Waals surface area contributed by atoms with Crippen molar-refractivity contribution in [3.8, 4) is 0 Å². The summed E-state index contributed by atoms with van der Waals surface area (Å²) >= 11 is 0. The van der Waals surface area contributed by atoms with Crippen molar-refractivity contribution in [3.05, 3.63) is 29.8 Å². The number of unbranched alkanes of at least 4 members (excludes halogenated alkanes) is 2. The first-order valence-electron chi connectivity index (χ1n) is 9.89. The molecule has 1 aliphatic heterocycles. The lowest BCUT2D eigenvalue weighted by atomic mass is 10.2. The predicted molar refractivity (Wildman–Crippen MR) is 111 cm³/mol. The Labute approximate surface area is 170 Å². The lowest BCUT2D eigenvalue weighted by Gasteiger charge is -2.17. The van der Waals surface area contributed by atoms with Crippen molar-refractivity contribution in [2.45, 2.75) is 45.1 Å². The maximum atomic E-state index is 12.6. The molecule has 158 valence electrons. The monoisotopic (exact) mass is 403 g/mol. The summed E-state index contributed by atoms with van der Waals surface area (Å²) in [7, 11) is 0. The number of ether oxygens (including phenoxy) is 1. The first-order chi connectivity index (χ1) is 14.0. The second kappa shape index (κ2) is 11.7. The summed E-state index contributed by atoms with van der Waals surface area (Å²) in [5.41, 5.74) is 1.58. The van der Waals surface area contributed by atoms with E-state index < -0.39 is 12.1 Å². The fourth-order valence-corrected chi connectivity index (χ4v) is 2.99. The number of anilines is 1. The van der Waals surface area contributed by atoms with Crippen LogP contribution in [0.5, 0.6) is 0 Å². The highest BCUT2D eigenvalue weighted by Gasteiger charge is 2.33. The second-order valence-corrected chi connectivity index (χ2v) is 6.78. The van der Waals surface area contributed by atoms with Crippen molar-refractivity contribution in [2.24, 2.45) is 10.9 Å². The minimum atomic E-state index is -0.596. The third-order valence-corrected chi connectivity index (χ3v) is 4.56. The van der Waals surface area contributed by atoms with Gasteiger partial charge in [-0.3, -0.25) is 9.59 Å². The number of esters is 1. The first-order valence-corrected chi connectivity index (χ1v) is 9.89. The van der Waals surface area contributed by atoms with Crippen LogP contribution in [-0.2, 0) is 14.3 Å². The van der Waals surface area contributed by atoms with E-state index in [-0.39, 0.29) is 24.8 Å². The van der Waals surface area contributed by atoms with Crippen LogP contribution >= 0.6 is 0 Å². The van der Waals surface area contributed by atoms with Gasteiger partial charge in [0.15, 0.2) is 0 Å². The van der Waals surface area contributed by atoms with Crippen LogP contribution in [0.25, 0.3) is 0 Å². The average molecular weight is 403 g/mol. The van der Waals surface area contributed by atoms with Gasteiger partial charge in [-0.1, -0.05) is 31.9 Å². The maximum Gasteiger partial charge on any atom is 0.315 e. The van der Waals surface area contributed by atoms with Crippen LogP contribution in [-0.4, -0.2) is 49.9 Å². The number of urea groups is 1. The molecule has 3 amide bonds. The Balaban J connectivity index is 1.71. The molecule has 0 radical (unpaired) electrons. The maximum absolute atomic E-state index is 12.6. The predicted octanol–water partition coefficient (Wildman–Crippen LogP) is 1.51. The Morgan fingerprint density at radius 2 is 2.07 bits per heavy atom. The summed E-state index contributed by atoms with van der Waals surface area (Å²) in [5.74, 6) is 4.61. The summed E-state index contributed by atoms with van der Waals surface area (Å²) < 4.78 is 5.08. The molecule has 0 aromatic heterocycles. The van der Waals surface area contributed by atoms with Gasteiger partial charge in [0, 0.05) is 18.8 Å². The van der Waals surface area contributed by atoms with Gasteiger partial charge in [0.2, 0.25) is 5.91 Å². The second-order valence-electron chi connectivity index (χ2n) is 6.78. The van der Waals surface area contributed by atoms with Crippen molar-refractivity contribution in [3.63, 3.8) is 0 Å². The number of nitrogens with one attached hydrogen (secondary N) is 2. The molecule has 1 fully saturated rings. The van der Waals surface area contributed by atoms with Gasteiger partial charge in [0.05, 0.1) is 19.2 Å². The molecule has 1 aromatic carbocycles. The molecule has 2 rings (SSSR count). The molecule has 1 aliphatic rings. The van der Waals surface area contributed by atoms with Crippen LogP contribution in [0.1, 0.15) is 44.6 Å². The Bertz CT molecular complexity index is 720. The van der Waals surface area contributed by atoms with Gasteiger partial charge in [-0.05, 0) is 30.5 Å². The number of rotatable bonds is 10. The zero-order chi connectivity index (χ0) is 21.1. The van der Waals surface area contributed by atoms with E-state index in [0.29, 0.717) is 19.6 Å². The summed E-state index contributed by atoms with van der Waals surface area (Å²) in [6.45, 7) is 3.16. The smallest absolute Gasteiger partial charge is 0.315 e. The van der Waals surface area contributed by atoms with Crippen molar-refractivity contribution in [1.29, 1.82) is 0 Å². The molecule has 0 unspecified atom stereocenters. The molecule has 0 bridgehead atoms. The molecular weight excluding hydrogens is 374 g/mol. The van der Waals surface area contributed by atoms with Gasteiger partial charge in [-0.15, -0.1) is 0 Å². The summed E-state index contributed by atoms with van der Waals surface area (Å²) in [6, 6.07) is 6.17. The van der Waals surface area contributed by atoms with Gasteiger partial charge in [0.1, 0.15) is 6.04 Å². The van der Waals surface area contributed by atoms with E-state index in [0.717, 1.165) is 30.5 Å². The van der Waals surface area contributed by atoms with Gasteiger partial charge in [0.25, 0.3) is 0 Å². The number of hydrogen-bond acceptors (Lipinski definition) is 6. The van der Waals surface area contributed by atoms with E-state index in [1.165, 1.54) is 6.21 Å². The highest BCUT2D eigenvalue weighted by Crippen LogP contribution is 2.21. The highest BCUT2D eigenvalue weighted by molar-refractivity contribution is 6.01. The van der Waals surface area contributed by atoms with Gasteiger partial charge >= 0.3 is 12.0 Å². The van der Waals surface area contributed by atoms with E-state index in [1.54, 1.807) is 4.90 Å². The first kappa shape index (κ1) is 22.2. The fourth-order valence-electron chi connectivity index (χ4n) is 2.99. The Morgan fingerprint density at radius 3 is 2.76 bits per heavy atom. The molecule has 4 N–H and O–H groups in total. The number of carbonyl (C=O) groups excluding carboxylic acids is 3. The normalized spacial score (nSPS) is 16.2. The van der Waals surface area contributed by atoms with Crippen LogP contribution in [0.3, 0.4) is 0 Å². The standard InChI is InChI=1S/C20H29N5O4/c1-2-3-4-13-29-18(26)9-11-22-20(28)24-17-10-12-25(19(17)27)16-7-5-15(6-8-16)14-23-21/h5-8,14,17H,2-4,9-13,21H2,1H3,(H2,22,24,28)/t17-/m0/s1. The SMILES string of the molecule is CCCCCOC(=O)CCNC(=O)N[C@H]1CCN(c2ccc(C=NN)cc2)C1=O. The zero-order valence-corrected chi connectivity index (χ0v) is 16.7. The van der Waals surface area contributed by atoms with Gasteiger partial charge < -0.3 is 26.1 Å². The Morgan fingerprint density at radius 1 is 1.31 bits per heavy atom. The van der Waals surface area contributed by atoms with Crippen molar-refractivity contribution in [2.75, 3.05) is 24.6 Å².